The van der Waals surface area contributed by atoms with E-state index in [9.17, 15) is 9.18 Å². The lowest BCUT2D eigenvalue weighted by Gasteiger charge is -2.08. The first-order chi connectivity index (χ1) is 12.8. The van der Waals surface area contributed by atoms with Gasteiger partial charge in [0.25, 0.3) is 0 Å². The molecular formula is C18H35FO7. The van der Waals surface area contributed by atoms with Crippen molar-refractivity contribution in [3.05, 3.63) is 0 Å². The lowest BCUT2D eigenvalue weighted by Crippen LogP contribution is -2.15. The van der Waals surface area contributed by atoms with E-state index in [1.54, 1.807) is 0 Å². The van der Waals surface area contributed by atoms with Crippen molar-refractivity contribution in [3.63, 3.8) is 0 Å². The molecule has 0 aromatic rings. The molecule has 0 aliphatic heterocycles. The van der Waals surface area contributed by atoms with E-state index in [1.165, 1.54) is 0 Å². The summed E-state index contributed by atoms with van der Waals surface area (Å²) in [5.74, 6) is -0.160. The Hall–Kier alpha value is -0.800. The van der Waals surface area contributed by atoms with Gasteiger partial charge in [0, 0.05) is 6.42 Å². The number of hydrogen-bond acceptors (Lipinski definition) is 7. The van der Waals surface area contributed by atoms with Gasteiger partial charge < -0.3 is 28.4 Å². The van der Waals surface area contributed by atoms with Crippen molar-refractivity contribution in [2.45, 2.75) is 32.6 Å². The molecule has 0 saturated heterocycles. The largest absolute Gasteiger partial charge is 0.463 e. The second-order valence-corrected chi connectivity index (χ2v) is 5.43. The van der Waals surface area contributed by atoms with Crippen molar-refractivity contribution in [1.29, 1.82) is 0 Å². The van der Waals surface area contributed by atoms with E-state index in [-0.39, 0.29) is 19.2 Å². The molecule has 0 aliphatic carbocycles. The third-order valence-electron chi connectivity index (χ3n) is 3.18. The second-order valence-electron chi connectivity index (χ2n) is 5.43. The third kappa shape index (κ3) is 21.2. The number of rotatable bonds is 21. The van der Waals surface area contributed by atoms with Crippen LogP contribution in [0.2, 0.25) is 0 Å². The van der Waals surface area contributed by atoms with Crippen LogP contribution in [0.3, 0.4) is 0 Å². The van der Waals surface area contributed by atoms with Crippen LogP contribution in [0.25, 0.3) is 0 Å². The van der Waals surface area contributed by atoms with Crippen molar-refractivity contribution in [3.8, 4) is 0 Å². The predicted octanol–water partition coefficient (Wildman–Crippen LogP) is 2.16. The molecule has 26 heavy (non-hydrogen) atoms. The predicted molar refractivity (Wildman–Crippen MR) is 95.2 cm³/mol. The minimum absolute atomic E-state index is 0.116. The molecule has 0 radical (unpaired) electrons. The quantitative estimate of drug-likeness (QED) is 0.222. The number of hydrogen-bond donors (Lipinski definition) is 0. The average molecular weight is 382 g/mol. The van der Waals surface area contributed by atoms with Gasteiger partial charge in [-0.05, 0) is 6.42 Å². The summed E-state index contributed by atoms with van der Waals surface area (Å²) >= 11 is 0. The molecule has 0 aromatic heterocycles. The molecule has 0 bridgehead atoms. The fourth-order valence-corrected chi connectivity index (χ4v) is 1.84. The summed E-state index contributed by atoms with van der Waals surface area (Å²) in [6.07, 6.45) is 3.51. The number of unbranched alkanes of at least 4 members (excludes halogenated alkanes) is 2. The smallest absolute Gasteiger partial charge is 0.305 e. The summed E-state index contributed by atoms with van der Waals surface area (Å²) in [6.45, 7) is 6.07. The van der Waals surface area contributed by atoms with Gasteiger partial charge in [0.15, 0.2) is 0 Å². The number of alkyl halides is 1. The lowest BCUT2D eigenvalue weighted by atomic mass is 10.2. The van der Waals surface area contributed by atoms with Gasteiger partial charge in [-0.15, -0.1) is 0 Å². The Morgan fingerprint density at radius 2 is 1.08 bits per heavy atom. The third-order valence-corrected chi connectivity index (χ3v) is 3.18. The molecule has 7 nitrogen and oxygen atoms in total. The van der Waals surface area contributed by atoms with Crippen molar-refractivity contribution < 1.29 is 37.6 Å². The van der Waals surface area contributed by atoms with Crippen LogP contribution in [0.15, 0.2) is 0 Å². The number of esters is 1. The van der Waals surface area contributed by atoms with Gasteiger partial charge in [-0.2, -0.15) is 0 Å². The van der Waals surface area contributed by atoms with Crippen LogP contribution < -0.4 is 0 Å². The summed E-state index contributed by atoms with van der Waals surface area (Å²) in [7, 11) is 0. The number of ether oxygens (including phenoxy) is 6. The highest BCUT2D eigenvalue weighted by atomic mass is 19.1. The summed E-state index contributed by atoms with van der Waals surface area (Å²) in [5, 5.41) is 0. The van der Waals surface area contributed by atoms with Crippen LogP contribution in [0.4, 0.5) is 4.39 Å². The Bertz CT molecular complexity index is 293. The first kappa shape index (κ1) is 25.2. The molecule has 8 heteroatoms. The normalized spacial score (nSPS) is 11.0. The van der Waals surface area contributed by atoms with Gasteiger partial charge >= 0.3 is 5.97 Å². The zero-order chi connectivity index (χ0) is 19.1. The van der Waals surface area contributed by atoms with E-state index in [0.717, 1.165) is 19.3 Å². The topological polar surface area (TPSA) is 72.5 Å². The van der Waals surface area contributed by atoms with E-state index < -0.39 is 6.67 Å². The Balaban J connectivity index is 3.06. The fourth-order valence-electron chi connectivity index (χ4n) is 1.84. The fraction of sp³-hybridized carbons (Fsp3) is 0.944. The first-order valence-electron chi connectivity index (χ1n) is 9.41. The minimum Gasteiger partial charge on any atom is -0.463 e. The van der Waals surface area contributed by atoms with Crippen LogP contribution >= 0.6 is 0 Å². The van der Waals surface area contributed by atoms with E-state index in [4.69, 9.17) is 28.4 Å². The highest BCUT2D eigenvalue weighted by molar-refractivity contribution is 5.69. The summed E-state index contributed by atoms with van der Waals surface area (Å²) < 4.78 is 42.9. The Morgan fingerprint density at radius 1 is 0.654 bits per heavy atom. The van der Waals surface area contributed by atoms with Crippen LogP contribution in [-0.2, 0) is 33.2 Å². The molecule has 0 heterocycles. The van der Waals surface area contributed by atoms with Crippen molar-refractivity contribution in [2.24, 2.45) is 0 Å². The minimum atomic E-state index is -0.471. The maximum absolute atomic E-state index is 11.7. The maximum Gasteiger partial charge on any atom is 0.305 e. The van der Waals surface area contributed by atoms with Gasteiger partial charge in [0.1, 0.15) is 13.3 Å². The lowest BCUT2D eigenvalue weighted by molar-refractivity contribution is -0.145. The molecule has 0 saturated carbocycles. The summed E-state index contributed by atoms with van der Waals surface area (Å²) in [4.78, 5) is 11.3. The van der Waals surface area contributed by atoms with Gasteiger partial charge in [0.2, 0.25) is 0 Å². The van der Waals surface area contributed by atoms with E-state index >= 15 is 0 Å². The summed E-state index contributed by atoms with van der Waals surface area (Å²) in [6, 6.07) is 0. The standard InChI is InChI=1S/C18H35FO7/c1-2-3-4-5-18(20)26-17-16-25-15-14-24-13-12-23-11-10-22-9-8-21-7-6-19/h2-17H2,1H3. The van der Waals surface area contributed by atoms with Crippen LogP contribution in [-0.4, -0.2) is 85.3 Å². The zero-order valence-electron chi connectivity index (χ0n) is 16.0. The molecule has 0 amide bonds. The SMILES string of the molecule is CCCCCC(=O)OCCOCCOCCOCCOCCOCCF. The molecule has 0 N–H and O–H groups in total. The Labute approximate surface area is 156 Å². The average Bonchev–Trinajstić information content (AvgIpc) is 2.64. The van der Waals surface area contributed by atoms with Crippen LogP contribution in [0.5, 0.6) is 0 Å². The molecular weight excluding hydrogens is 347 g/mol. The molecule has 0 spiro atoms. The monoisotopic (exact) mass is 382 g/mol. The van der Waals surface area contributed by atoms with Gasteiger partial charge in [0.05, 0.1) is 66.1 Å². The molecule has 0 atom stereocenters. The van der Waals surface area contributed by atoms with Crippen LogP contribution in [0, 0.1) is 0 Å². The van der Waals surface area contributed by atoms with E-state index in [2.05, 4.69) is 6.92 Å². The van der Waals surface area contributed by atoms with Crippen molar-refractivity contribution >= 4 is 5.97 Å². The molecule has 156 valence electrons. The van der Waals surface area contributed by atoms with Crippen molar-refractivity contribution in [1.82, 2.24) is 0 Å². The molecule has 0 rings (SSSR count). The first-order valence-corrected chi connectivity index (χ1v) is 9.41. The van der Waals surface area contributed by atoms with Gasteiger partial charge in [-0.1, -0.05) is 19.8 Å². The number of halogens is 1. The van der Waals surface area contributed by atoms with E-state index in [0.29, 0.717) is 65.9 Å². The van der Waals surface area contributed by atoms with Gasteiger partial charge in [-0.25, -0.2) is 4.39 Å². The Morgan fingerprint density at radius 3 is 1.50 bits per heavy atom. The van der Waals surface area contributed by atoms with Crippen molar-refractivity contribution in [2.75, 3.05) is 79.4 Å². The molecule has 0 unspecified atom stereocenters. The van der Waals surface area contributed by atoms with E-state index in [1.807, 2.05) is 0 Å². The zero-order valence-corrected chi connectivity index (χ0v) is 16.0. The number of carbonyl (C=O) groups is 1. The molecule has 0 fully saturated rings. The number of carbonyl (C=O) groups excluding carboxylic acids is 1. The summed E-state index contributed by atoms with van der Waals surface area (Å²) in [5.41, 5.74) is 0. The van der Waals surface area contributed by atoms with Gasteiger partial charge in [-0.3, -0.25) is 4.79 Å². The highest BCUT2D eigenvalue weighted by Gasteiger charge is 2.01. The Kier molecular flexibility index (Phi) is 21.6. The van der Waals surface area contributed by atoms with Crippen LogP contribution in [0.1, 0.15) is 32.6 Å². The molecule has 0 aliphatic rings. The second kappa shape index (κ2) is 22.2. The highest BCUT2D eigenvalue weighted by Crippen LogP contribution is 2.00. The molecule has 0 aromatic carbocycles. The maximum atomic E-state index is 11.7.